The second-order valence-corrected chi connectivity index (χ2v) is 5.28. The summed E-state index contributed by atoms with van der Waals surface area (Å²) in [4.78, 5) is 22.8. The smallest absolute Gasteiger partial charge is 0.177 e. The molecule has 0 rings (SSSR count). The molecule has 0 saturated heterocycles. The lowest BCUT2D eigenvalue weighted by molar-refractivity contribution is -0.139. The van der Waals surface area contributed by atoms with Crippen LogP contribution in [0.3, 0.4) is 0 Å². The number of ketones is 2. The average molecular weight is 320 g/mol. The summed E-state index contributed by atoms with van der Waals surface area (Å²) in [6.45, 7) is 1.19. The minimum absolute atomic E-state index is 0.0881. The number of carbonyl (C=O) groups is 2. The van der Waals surface area contributed by atoms with Crippen molar-refractivity contribution in [3.05, 3.63) is 0 Å². The summed E-state index contributed by atoms with van der Waals surface area (Å²) < 4.78 is 0. The molecule has 22 heavy (non-hydrogen) atoms. The number of unbranched alkanes of at least 4 members (excludes halogenated alkanes) is 1. The Morgan fingerprint density at radius 1 is 1.14 bits per heavy atom. The SMILES string of the molecule is CNC(CCCCNCC(=O)C(O)C(O)C(O)CO)C(C)=O. The molecule has 8 heteroatoms. The van der Waals surface area contributed by atoms with Gasteiger partial charge in [-0.05, 0) is 33.4 Å². The first kappa shape index (κ1) is 21.1. The summed E-state index contributed by atoms with van der Waals surface area (Å²) in [7, 11) is 1.73. The van der Waals surface area contributed by atoms with Crippen LogP contribution in [-0.4, -0.2) is 83.1 Å². The van der Waals surface area contributed by atoms with Gasteiger partial charge in [-0.1, -0.05) is 6.42 Å². The normalized spacial score (nSPS) is 16.8. The summed E-state index contributed by atoms with van der Waals surface area (Å²) in [5, 5.41) is 42.4. The van der Waals surface area contributed by atoms with Crippen LogP contribution in [0.1, 0.15) is 26.2 Å². The van der Waals surface area contributed by atoms with Gasteiger partial charge in [0.25, 0.3) is 0 Å². The third-order valence-corrected chi connectivity index (χ3v) is 3.47. The van der Waals surface area contributed by atoms with Gasteiger partial charge in [0.05, 0.1) is 19.2 Å². The lowest BCUT2D eigenvalue weighted by Gasteiger charge is -2.20. The molecule has 0 amide bonds. The summed E-state index contributed by atoms with van der Waals surface area (Å²) in [6.07, 6.45) is -2.71. The first-order valence-corrected chi connectivity index (χ1v) is 7.41. The fraction of sp³-hybridized carbons (Fsp3) is 0.857. The number of carbonyl (C=O) groups excluding carboxylic acids is 2. The highest BCUT2D eigenvalue weighted by atomic mass is 16.4. The molecular weight excluding hydrogens is 292 g/mol. The van der Waals surface area contributed by atoms with Crippen LogP contribution < -0.4 is 10.6 Å². The highest BCUT2D eigenvalue weighted by molar-refractivity contribution is 5.85. The third-order valence-electron chi connectivity index (χ3n) is 3.47. The Hall–Kier alpha value is -0.900. The van der Waals surface area contributed by atoms with E-state index in [1.807, 2.05) is 0 Å². The van der Waals surface area contributed by atoms with E-state index in [0.29, 0.717) is 13.0 Å². The van der Waals surface area contributed by atoms with Crippen LogP contribution in [0.4, 0.5) is 0 Å². The Kier molecular flexibility index (Phi) is 11.2. The van der Waals surface area contributed by atoms with Crippen molar-refractivity contribution in [2.75, 3.05) is 26.7 Å². The van der Waals surface area contributed by atoms with Crippen LogP contribution in [0.25, 0.3) is 0 Å². The molecule has 0 saturated carbocycles. The van der Waals surface area contributed by atoms with Crippen LogP contribution in [0.2, 0.25) is 0 Å². The molecule has 4 unspecified atom stereocenters. The van der Waals surface area contributed by atoms with E-state index in [9.17, 15) is 19.8 Å². The van der Waals surface area contributed by atoms with Gasteiger partial charge >= 0.3 is 0 Å². The summed E-state index contributed by atoms with van der Waals surface area (Å²) in [5.41, 5.74) is 0. The van der Waals surface area contributed by atoms with Gasteiger partial charge in [-0.25, -0.2) is 0 Å². The monoisotopic (exact) mass is 320 g/mol. The molecule has 0 aliphatic carbocycles. The molecule has 0 aromatic rings. The summed E-state index contributed by atoms with van der Waals surface area (Å²) in [6, 6.07) is -0.154. The van der Waals surface area contributed by atoms with Crippen molar-refractivity contribution < 1.29 is 30.0 Å². The fourth-order valence-corrected chi connectivity index (χ4v) is 1.97. The van der Waals surface area contributed by atoms with Crippen LogP contribution in [-0.2, 0) is 9.59 Å². The lowest BCUT2D eigenvalue weighted by Crippen LogP contribution is -2.46. The van der Waals surface area contributed by atoms with Crippen LogP contribution >= 0.6 is 0 Å². The van der Waals surface area contributed by atoms with E-state index in [-0.39, 0.29) is 18.4 Å². The molecule has 0 aromatic carbocycles. The Morgan fingerprint density at radius 3 is 2.27 bits per heavy atom. The standard InChI is InChI=1S/C14H28N2O6/c1-9(18)10(15-2)5-3-4-6-16-7-11(19)13(21)14(22)12(20)8-17/h10,12-17,20-22H,3-8H2,1-2H3. The van der Waals surface area contributed by atoms with E-state index in [4.69, 9.17) is 10.2 Å². The van der Waals surface area contributed by atoms with Crippen molar-refractivity contribution in [2.24, 2.45) is 0 Å². The van der Waals surface area contributed by atoms with E-state index in [1.54, 1.807) is 7.05 Å². The number of hydrogen-bond acceptors (Lipinski definition) is 8. The molecule has 4 atom stereocenters. The Labute approximate surface area is 130 Å². The van der Waals surface area contributed by atoms with E-state index in [2.05, 4.69) is 10.6 Å². The zero-order valence-electron chi connectivity index (χ0n) is 13.2. The minimum Gasteiger partial charge on any atom is -0.394 e. The van der Waals surface area contributed by atoms with Crippen molar-refractivity contribution in [2.45, 2.75) is 50.5 Å². The Balaban J connectivity index is 3.83. The molecule has 0 aliphatic rings. The number of rotatable bonds is 13. The van der Waals surface area contributed by atoms with Crippen molar-refractivity contribution in [1.29, 1.82) is 0 Å². The first-order chi connectivity index (χ1) is 10.3. The third kappa shape index (κ3) is 7.92. The maximum absolute atomic E-state index is 11.6. The fourth-order valence-electron chi connectivity index (χ4n) is 1.97. The van der Waals surface area contributed by atoms with E-state index in [0.717, 1.165) is 12.8 Å². The van der Waals surface area contributed by atoms with E-state index >= 15 is 0 Å². The number of Topliss-reactive ketones (excluding diaryl/α,β-unsaturated/α-hetero) is 2. The number of aliphatic hydroxyl groups is 4. The highest BCUT2D eigenvalue weighted by Crippen LogP contribution is 2.02. The van der Waals surface area contributed by atoms with Gasteiger partial charge in [0.15, 0.2) is 5.78 Å². The van der Waals surface area contributed by atoms with Gasteiger partial charge in [0.1, 0.15) is 24.1 Å². The molecule has 0 aliphatic heterocycles. The molecule has 0 radical (unpaired) electrons. The molecule has 8 nitrogen and oxygen atoms in total. The van der Waals surface area contributed by atoms with Crippen LogP contribution in [0.5, 0.6) is 0 Å². The quantitative estimate of drug-likeness (QED) is 0.206. The minimum atomic E-state index is -1.74. The number of nitrogens with one attached hydrogen (secondary N) is 2. The predicted octanol–water partition coefficient (Wildman–Crippen LogP) is -2.43. The highest BCUT2D eigenvalue weighted by Gasteiger charge is 2.29. The van der Waals surface area contributed by atoms with Gasteiger partial charge in [-0.15, -0.1) is 0 Å². The van der Waals surface area contributed by atoms with Gasteiger partial charge in [-0.3, -0.25) is 9.59 Å². The summed E-state index contributed by atoms with van der Waals surface area (Å²) >= 11 is 0. The molecule has 0 bridgehead atoms. The number of hydrogen-bond donors (Lipinski definition) is 6. The van der Waals surface area contributed by atoms with Gasteiger partial charge < -0.3 is 31.1 Å². The molecule has 0 fully saturated rings. The van der Waals surface area contributed by atoms with Crippen LogP contribution in [0, 0.1) is 0 Å². The average Bonchev–Trinajstić information content (AvgIpc) is 2.51. The maximum Gasteiger partial charge on any atom is 0.177 e. The largest absolute Gasteiger partial charge is 0.394 e. The number of likely N-dealkylation sites (N-methyl/N-ethyl adjacent to an activating group) is 1. The molecular formula is C14H28N2O6. The first-order valence-electron chi connectivity index (χ1n) is 7.41. The van der Waals surface area contributed by atoms with E-state index < -0.39 is 30.7 Å². The van der Waals surface area contributed by atoms with Crippen molar-refractivity contribution in [3.63, 3.8) is 0 Å². The van der Waals surface area contributed by atoms with Crippen molar-refractivity contribution in [3.8, 4) is 0 Å². The second kappa shape index (κ2) is 11.6. The topological polar surface area (TPSA) is 139 Å². The predicted molar refractivity (Wildman–Crippen MR) is 80.4 cm³/mol. The van der Waals surface area contributed by atoms with Crippen LogP contribution in [0.15, 0.2) is 0 Å². The lowest BCUT2D eigenvalue weighted by atomic mass is 10.0. The molecule has 0 heterocycles. The van der Waals surface area contributed by atoms with E-state index in [1.165, 1.54) is 6.92 Å². The van der Waals surface area contributed by atoms with Gasteiger partial charge in [0, 0.05) is 0 Å². The Bertz CT molecular complexity index is 339. The summed E-state index contributed by atoms with van der Waals surface area (Å²) in [5.74, 6) is -0.568. The second-order valence-electron chi connectivity index (χ2n) is 5.28. The zero-order valence-corrected chi connectivity index (χ0v) is 13.2. The Morgan fingerprint density at radius 2 is 1.77 bits per heavy atom. The van der Waals surface area contributed by atoms with Gasteiger partial charge in [-0.2, -0.15) is 0 Å². The molecule has 130 valence electrons. The zero-order chi connectivity index (χ0) is 17.1. The number of aliphatic hydroxyl groups excluding tert-OH is 4. The molecule has 0 spiro atoms. The van der Waals surface area contributed by atoms with Gasteiger partial charge in [0.2, 0.25) is 0 Å². The molecule has 6 N–H and O–H groups in total. The van der Waals surface area contributed by atoms with Crippen molar-refractivity contribution >= 4 is 11.6 Å². The van der Waals surface area contributed by atoms with Crippen molar-refractivity contribution in [1.82, 2.24) is 10.6 Å². The maximum atomic E-state index is 11.6. The molecule has 0 aromatic heterocycles.